The highest BCUT2D eigenvalue weighted by atomic mass is 32.1. The minimum absolute atomic E-state index is 0.530. The van der Waals surface area contributed by atoms with E-state index in [9.17, 15) is 0 Å². The average Bonchev–Trinajstić information content (AvgIpc) is 2.05. The number of nitrogens with one attached hydrogen (secondary N) is 1. The molecule has 0 fully saturated rings. The van der Waals surface area contributed by atoms with Crippen molar-refractivity contribution in [1.82, 2.24) is 10.4 Å². The molecule has 3 nitrogen and oxygen atoms in total. The molecule has 4 heteroatoms. The lowest BCUT2D eigenvalue weighted by Crippen LogP contribution is -2.28. The van der Waals surface area contributed by atoms with E-state index in [1.807, 2.05) is 0 Å². The Morgan fingerprint density at radius 1 is 1.50 bits per heavy atom. The van der Waals surface area contributed by atoms with Gasteiger partial charge in [0.25, 0.3) is 0 Å². The first-order chi connectivity index (χ1) is 4.84. The summed E-state index contributed by atoms with van der Waals surface area (Å²) in [7, 11) is 0. The van der Waals surface area contributed by atoms with Crippen LogP contribution in [0.1, 0.15) is 5.56 Å². The minimum atomic E-state index is 0.530. The Bertz CT molecular complexity index is 222. The van der Waals surface area contributed by atoms with Gasteiger partial charge >= 0.3 is 0 Å². The van der Waals surface area contributed by atoms with E-state index in [2.05, 4.69) is 10.4 Å². The summed E-state index contributed by atoms with van der Waals surface area (Å²) in [5.74, 6) is 5.09. The van der Waals surface area contributed by atoms with Crippen LogP contribution in [0, 0.1) is 0 Å². The van der Waals surface area contributed by atoms with E-state index in [1.54, 1.807) is 24.5 Å². The van der Waals surface area contributed by atoms with Crippen LogP contribution in [0.5, 0.6) is 0 Å². The van der Waals surface area contributed by atoms with Crippen molar-refractivity contribution < 1.29 is 0 Å². The Hall–Kier alpha value is -1.00. The summed E-state index contributed by atoms with van der Waals surface area (Å²) in [6.45, 7) is 0. The van der Waals surface area contributed by atoms with Crippen molar-refractivity contribution in [2.24, 2.45) is 5.84 Å². The fourth-order valence-electron chi connectivity index (χ4n) is 0.587. The molecule has 10 heavy (non-hydrogen) atoms. The number of rotatable bonds is 1. The molecule has 52 valence electrons. The van der Waals surface area contributed by atoms with Crippen molar-refractivity contribution >= 4 is 17.2 Å². The molecule has 0 bridgehead atoms. The third kappa shape index (κ3) is 1.49. The summed E-state index contributed by atoms with van der Waals surface area (Å²) in [5.41, 5.74) is 3.27. The van der Waals surface area contributed by atoms with Crippen LogP contribution in [-0.4, -0.2) is 9.97 Å². The van der Waals surface area contributed by atoms with E-state index in [1.165, 1.54) is 0 Å². The first-order valence-electron chi connectivity index (χ1n) is 2.75. The summed E-state index contributed by atoms with van der Waals surface area (Å²) in [5, 5.41) is 0. The average molecular weight is 153 g/mol. The second kappa shape index (κ2) is 3.24. The van der Waals surface area contributed by atoms with Crippen LogP contribution in [0.15, 0.2) is 24.5 Å². The normalized spacial score (nSPS) is 8.90. The van der Waals surface area contributed by atoms with E-state index in [0.717, 1.165) is 5.56 Å². The van der Waals surface area contributed by atoms with Gasteiger partial charge in [-0.1, -0.05) is 12.2 Å². The molecule has 1 heterocycles. The van der Waals surface area contributed by atoms with Gasteiger partial charge in [-0.2, -0.15) is 0 Å². The van der Waals surface area contributed by atoms with Crippen LogP contribution in [0.4, 0.5) is 0 Å². The summed E-state index contributed by atoms with van der Waals surface area (Å²) < 4.78 is 0. The third-order valence-corrected chi connectivity index (χ3v) is 1.43. The van der Waals surface area contributed by atoms with Crippen LogP contribution in [-0.2, 0) is 0 Å². The maximum atomic E-state index is 5.09. The molecule has 0 spiro atoms. The number of hydrazine groups is 1. The van der Waals surface area contributed by atoms with Gasteiger partial charge in [0.2, 0.25) is 0 Å². The van der Waals surface area contributed by atoms with Crippen molar-refractivity contribution in [3.05, 3.63) is 30.1 Å². The number of nitrogens with zero attached hydrogens (tertiary/aromatic N) is 1. The van der Waals surface area contributed by atoms with Gasteiger partial charge in [-0.05, 0) is 12.1 Å². The quantitative estimate of drug-likeness (QED) is 0.344. The molecule has 1 rings (SSSR count). The van der Waals surface area contributed by atoms with Crippen molar-refractivity contribution in [2.45, 2.75) is 0 Å². The molecule has 0 radical (unpaired) electrons. The number of hydrogen-bond acceptors (Lipinski definition) is 3. The van der Waals surface area contributed by atoms with Crippen molar-refractivity contribution in [2.75, 3.05) is 0 Å². The van der Waals surface area contributed by atoms with E-state index in [4.69, 9.17) is 18.1 Å². The lowest BCUT2D eigenvalue weighted by atomic mass is 10.3. The second-order valence-corrected chi connectivity index (χ2v) is 2.12. The molecule has 0 aliphatic heterocycles. The van der Waals surface area contributed by atoms with Gasteiger partial charge in [0.05, 0.1) is 0 Å². The van der Waals surface area contributed by atoms with Gasteiger partial charge in [-0.3, -0.25) is 4.98 Å². The van der Waals surface area contributed by atoms with Crippen LogP contribution in [0.3, 0.4) is 0 Å². The zero-order chi connectivity index (χ0) is 7.40. The highest BCUT2D eigenvalue weighted by Crippen LogP contribution is 1.95. The van der Waals surface area contributed by atoms with Crippen LogP contribution in [0.25, 0.3) is 0 Å². The summed E-state index contributed by atoms with van der Waals surface area (Å²) >= 11 is 4.86. The highest BCUT2D eigenvalue weighted by molar-refractivity contribution is 7.80. The maximum absolute atomic E-state index is 5.09. The molecule has 1 aromatic rings. The van der Waals surface area contributed by atoms with Gasteiger partial charge in [0.1, 0.15) is 4.99 Å². The maximum Gasteiger partial charge on any atom is 0.120 e. The van der Waals surface area contributed by atoms with E-state index >= 15 is 0 Å². The molecular formula is C6H7N3S. The fraction of sp³-hybridized carbons (Fsp3) is 0. The Morgan fingerprint density at radius 3 is 2.60 bits per heavy atom. The summed E-state index contributed by atoms with van der Waals surface area (Å²) in [6, 6.07) is 3.59. The molecule has 0 atom stereocenters. The molecule has 0 aliphatic carbocycles. The second-order valence-electron chi connectivity index (χ2n) is 1.71. The number of hydrogen-bond donors (Lipinski definition) is 2. The highest BCUT2D eigenvalue weighted by Gasteiger charge is 1.94. The monoisotopic (exact) mass is 153 g/mol. The topological polar surface area (TPSA) is 50.9 Å². The predicted molar refractivity (Wildman–Crippen MR) is 43.3 cm³/mol. The van der Waals surface area contributed by atoms with Crippen molar-refractivity contribution in [3.63, 3.8) is 0 Å². The van der Waals surface area contributed by atoms with Crippen molar-refractivity contribution in [3.8, 4) is 0 Å². The number of aromatic nitrogens is 1. The molecule has 3 N–H and O–H groups in total. The molecule has 0 saturated carbocycles. The largest absolute Gasteiger partial charge is 0.314 e. The summed E-state index contributed by atoms with van der Waals surface area (Å²) in [6.07, 6.45) is 3.33. The van der Waals surface area contributed by atoms with Gasteiger partial charge < -0.3 is 5.43 Å². The Labute approximate surface area is 64.2 Å². The molecule has 0 aliphatic rings. The lowest BCUT2D eigenvalue weighted by Gasteiger charge is -1.99. The lowest BCUT2D eigenvalue weighted by molar-refractivity contribution is 1.05. The third-order valence-electron chi connectivity index (χ3n) is 1.07. The number of nitrogens with two attached hydrogens (primary N) is 1. The van der Waals surface area contributed by atoms with Gasteiger partial charge in [-0.25, -0.2) is 5.84 Å². The Balaban J connectivity index is 2.85. The molecule has 0 unspecified atom stereocenters. The molecule has 0 saturated heterocycles. The smallest absolute Gasteiger partial charge is 0.120 e. The number of thiocarbonyl (C=S) groups is 1. The van der Waals surface area contributed by atoms with E-state index in [0.29, 0.717) is 4.99 Å². The van der Waals surface area contributed by atoms with E-state index in [-0.39, 0.29) is 0 Å². The predicted octanol–water partition coefficient (Wildman–Crippen LogP) is 0.220. The fourth-order valence-corrected chi connectivity index (χ4v) is 0.723. The van der Waals surface area contributed by atoms with Gasteiger partial charge in [0.15, 0.2) is 0 Å². The molecule has 0 amide bonds. The zero-order valence-electron chi connectivity index (χ0n) is 5.24. The van der Waals surface area contributed by atoms with Gasteiger partial charge in [0, 0.05) is 18.0 Å². The Kier molecular flexibility index (Phi) is 2.30. The zero-order valence-corrected chi connectivity index (χ0v) is 6.06. The van der Waals surface area contributed by atoms with Crippen LogP contribution >= 0.6 is 12.2 Å². The minimum Gasteiger partial charge on any atom is -0.314 e. The van der Waals surface area contributed by atoms with Crippen molar-refractivity contribution in [1.29, 1.82) is 0 Å². The Morgan fingerprint density at radius 2 is 2.10 bits per heavy atom. The molecule has 1 aromatic heterocycles. The first-order valence-corrected chi connectivity index (χ1v) is 3.16. The first kappa shape index (κ1) is 7.11. The van der Waals surface area contributed by atoms with Gasteiger partial charge in [-0.15, -0.1) is 0 Å². The standard InChI is InChI=1S/C6H7N3S/c7-9-6(10)5-1-3-8-4-2-5/h1-4H,7H2,(H,9,10). The van der Waals surface area contributed by atoms with Crippen LogP contribution in [0.2, 0.25) is 0 Å². The van der Waals surface area contributed by atoms with E-state index < -0.39 is 0 Å². The molecular weight excluding hydrogens is 146 g/mol. The number of pyridine rings is 1. The SMILES string of the molecule is NNC(=S)c1ccncc1. The van der Waals surface area contributed by atoms with Crippen LogP contribution < -0.4 is 11.3 Å². The molecule has 0 aromatic carbocycles. The summed E-state index contributed by atoms with van der Waals surface area (Å²) in [4.78, 5) is 4.36.